The molecule has 0 atom stereocenters. The zero-order valence-corrected chi connectivity index (χ0v) is 12.4. The third-order valence-corrected chi connectivity index (χ3v) is 5.56. The molecule has 0 aromatic rings. The molecule has 0 spiro atoms. The number of carbonyl (C=O) groups excluding carboxylic acids is 1. The van der Waals surface area contributed by atoms with E-state index in [0.29, 0.717) is 17.3 Å². The molecule has 0 aromatic heterocycles. The van der Waals surface area contributed by atoms with Crippen LogP contribution in [-0.2, 0) is 4.79 Å². The van der Waals surface area contributed by atoms with Crippen LogP contribution in [0.4, 0.5) is 0 Å². The van der Waals surface area contributed by atoms with Gasteiger partial charge in [0, 0.05) is 6.42 Å². The number of carbonyl (C=O) groups is 1. The van der Waals surface area contributed by atoms with E-state index >= 15 is 0 Å². The third kappa shape index (κ3) is 3.38. The molecule has 102 valence electrons. The molecule has 1 amide bonds. The molecule has 2 aliphatic rings. The van der Waals surface area contributed by atoms with Crippen LogP contribution in [0.1, 0.15) is 44.9 Å². The lowest BCUT2D eigenvalue weighted by Gasteiger charge is -2.30. The molecule has 5 heteroatoms. The van der Waals surface area contributed by atoms with Gasteiger partial charge in [0.2, 0.25) is 5.91 Å². The minimum absolute atomic E-state index is 0.140. The molecule has 2 fully saturated rings. The standard InChI is InChI=1S/C13H22N2OS2/c14-12(17)13(5-1-2-6-13)15-11(16)9-10-3-7-18-8-4-10/h10H,1-9H2,(H2,14,17)(H,15,16). The highest BCUT2D eigenvalue weighted by Gasteiger charge is 2.38. The highest BCUT2D eigenvalue weighted by molar-refractivity contribution is 7.99. The molecule has 3 N–H and O–H groups in total. The predicted octanol–water partition coefficient (Wildman–Crippen LogP) is 2.23. The summed E-state index contributed by atoms with van der Waals surface area (Å²) < 4.78 is 0. The normalized spacial score (nSPS) is 23.8. The van der Waals surface area contributed by atoms with Gasteiger partial charge in [0.1, 0.15) is 0 Å². The highest BCUT2D eigenvalue weighted by Crippen LogP contribution is 2.31. The second kappa shape index (κ2) is 6.24. The topological polar surface area (TPSA) is 55.1 Å². The number of thiocarbonyl (C=S) groups is 1. The Labute approximate surface area is 119 Å². The van der Waals surface area contributed by atoms with E-state index in [1.807, 2.05) is 11.8 Å². The molecule has 1 heterocycles. The van der Waals surface area contributed by atoms with Crippen molar-refractivity contribution < 1.29 is 4.79 Å². The molecule has 3 nitrogen and oxygen atoms in total. The number of nitrogens with two attached hydrogens (primary N) is 1. The molecule has 0 unspecified atom stereocenters. The molecule has 1 saturated carbocycles. The van der Waals surface area contributed by atoms with Crippen molar-refractivity contribution in [2.24, 2.45) is 11.7 Å². The molecular weight excluding hydrogens is 264 g/mol. The minimum atomic E-state index is -0.379. The van der Waals surface area contributed by atoms with Crippen LogP contribution in [0, 0.1) is 5.92 Å². The average Bonchev–Trinajstić information content (AvgIpc) is 2.80. The van der Waals surface area contributed by atoms with Gasteiger partial charge in [-0.1, -0.05) is 25.1 Å². The summed E-state index contributed by atoms with van der Waals surface area (Å²) in [5, 5.41) is 3.13. The van der Waals surface area contributed by atoms with Crippen molar-refractivity contribution in [1.29, 1.82) is 0 Å². The van der Waals surface area contributed by atoms with E-state index in [0.717, 1.165) is 38.5 Å². The molecule has 0 aromatic carbocycles. The van der Waals surface area contributed by atoms with Gasteiger partial charge >= 0.3 is 0 Å². The second-order valence-electron chi connectivity index (χ2n) is 5.46. The Kier molecular flexibility index (Phi) is 4.90. The lowest BCUT2D eigenvalue weighted by Crippen LogP contribution is -2.55. The Hall–Kier alpha value is -0.290. The zero-order chi connectivity index (χ0) is 13.0. The van der Waals surface area contributed by atoms with Gasteiger partial charge in [0.25, 0.3) is 0 Å². The first-order valence-corrected chi connectivity index (χ1v) is 8.37. The number of nitrogens with one attached hydrogen (secondary N) is 1. The summed E-state index contributed by atoms with van der Waals surface area (Å²) in [4.78, 5) is 12.6. The van der Waals surface area contributed by atoms with Gasteiger partial charge in [0.15, 0.2) is 0 Å². The smallest absolute Gasteiger partial charge is 0.221 e. The maximum Gasteiger partial charge on any atom is 0.221 e. The summed E-state index contributed by atoms with van der Waals surface area (Å²) >= 11 is 7.14. The van der Waals surface area contributed by atoms with E-state index in [2.05, 4.69) is 5.32 Å². The molecule has 18 heavy (non-hydrogen) atoms. The van der Waals surface area contributed by atoms with Gasteiger partial charge in [-0.3, -0.25) is 4.79 Å². The zero-order valence-electron chi connectivity index (χ0n) is 10.7. The summed E-state index contributed by atoms with van der Waals surface area (Å²) in [5.41, 5.74) is 5.45. The van der Waals surface area contributed by atoms with E-state index < -0.39 is 0 Å². The summed E-state index contributed by atoms with van der Waals surface area (Å²) in [7, 11) is 0. The van der Waals surface area contributed by atoms with Crippen molar-refractivity contribution in [1.82, 2.24) is 5.32 Å². The number of hydrogen-bond acceptors (Lipinski definition) is 3. The number of thioether (sulfide) groups is 1. The Morgan fingerprint density at radius 3 is 2.50 bits per heavy atom. The fourth-order valence-electron chi connectivity index (χ4n) is 2.94. The quantitative estimate of drug-likeness (QED) is 0.778. The molecule has 1 saturated heterocycles. The fraction of sp³-hybridized carbons (Fsp3) is 0.846. The van der Waals surface area contributed by atoms with Crippen LogP contribution in [0.25, 0.3) is 0 Å². The summed E-state index contributed by atoms with van der Waals surface area (Å²) in [6.07, 6.45) is 7.01. The lowest BCUT2D eigenvalue weighted by atomic mass is 9.94. The summed E-state index contributed by atoms with van der Waals surface area (Å²) in [6, 6.07) is 0. The summed E-state index contributed by atoms with van der Waals surface area (Å²) in [5.74, 6) is 3.08. The van der Waals surface area contributed by atoms with Crippen molar-refractivity contribution in [2.75, 3.05) is 11.5 Å². The van der Waals surface area contributed by atoms with Crippen molar-refractivity contribution >= 4 is 34.9 Å². The highest BCUT2D eigenvalue weighted by atomic mass is 32.2. The van der Waals surface area contributed by atoms with Crippen LogP contribution >= 0.6 is 24.0 Å². The van der Waals surface area contributed by atoms with Crippen LogP contribution in [0.5, 0.6) is 0 Å². The number of amides is 1. The first-order valence-electron chi connectivity index (χ1n) is 6.81. The molecular formula is C13H22N2OS2. The van der Waals surface area contributed by atoms with Gasteiger partial charge in [-0.25, -0.2) is 0 Å². The van der Waals surface area contributed by atoms with Gasteiger partial charge < -0.3 is 11.1 Å². The Bertz CT molecular complexity index is 321. The maximum atomic E-state index is 12.1. The monoisotopic (exact) mass is 286 g/mol. The lowest BCUT2D eigenvalue weighted by molar-refractivity contribution is -0.123. The fourth-order valence-corrected chi connectivity index (χ4v) is 4.40. The Balaban J connectivity index is 1.87. The Morgan fingerprint density at radius 2 is 1.94 bits per heavy atom. The van der Waals surface area contributed by atoms with Crippen LogP contribution in [-0.4, -0.2) is 27.9 Å². The van der Waals surface area contributed by atoms with E-state index in [1.54, 1.807) is 0 Å². The van der Waals surface area contributed by atoms with Crippen molar-refractivity contribution in [3.8, 4) is 0 Å². The van der Waals surface area contributed by atoms with Crippen LogP contribution in [0.2, 0.25) is 0 Å². The largest absolute Gasteiger partial charge is 0.391 e. The maximum absolute atomic E-state index is 12.1. The molecule has 1 aliphatic heterocycles. The minimum Gasteiger partial charge on any atom is -0.391 e. The van der Waals surface area contributed by atoms with Gasteiger partial charge in [0.05, 0.1) is 10.5 Å². The van der Waals surface area contributed by atoms with Crippen molar-refractivity contribution in [2.45, 2.75) is 50.5 Å². The second-order valence-corrected chi connectivity index (χ2v) is 7.13. The SMILES string of the molecule is NC(=S)C1(NC(=O)CC2CCSCC2)CCCC1. The van der Waals surface area contributed by atoms with Crippen LogP contribution < -0.4 is 11.1 Å². The molecule has 0 bridgehead atoms. The van der Waals surface area contributed by atoms with Gasteiger partial charge in [-0.05, 0) is 43.1 Å². The molecule has 1 aliphatic carbocycles. The van der Waals surface area contributed by atoms with E-state index in [-0.39, 0.29) is 11.4 Å². The first kappa shape index (κ1) is 14.1. The van der Waals surface area contributed by atoms with Crippen LogP contribution in [0.15, 0.2) is 0 Å². The van der Waals surface area contributed by atoms with Crippen LogP contribution in [0.3, 0.4) is 0 Å². The van der Waals surface area contributed by atoms with E-state index in [9.17, 15) is 4.79 Å². The van der Waals surface area contributed by atoms with Gasteiger partial charge in [-0.15, -0.1) is 0 Å². The average molecular weight is 286 g/mol. The first-order chi connectivity index (χ1) is 8.62. The van der Waals surface area contributed by atoms with Crippen molar-refractivity contribution in [3.63, 3.8) is 0 Å². The van der Waals surface area contributed by atoms with Gasteiger partial charge in [-0.2, -0.15) is 11.8 Å². The third-order valence-electron chi connectivity index (χ3n) is 4.12. The number of hydrogen-bond donors (Lipinski definition) is 2. The Morgan fingerprint density at radius 1 is 1.33 bits per heavy atom. The summed E-state index contributed by atoms with van der Waals surface area (Å²) in [6.45, 7) is 0. The predicted molar refractivity (Wildman–Crippen MR) is 80.8 cm³/mol. The molecule has 0 radical (unpaired) electrons. The van der Waals surface area contributed by atoms with Crippen molar-refractivity contribution in [3.05, 3.63) is 0 Å². The molecule has 2 rings (SSSR count). The number of rotatable bonds is 4. The van der Waals surface area contributed by atoms with E-state index in [1.165, 1.54) is 11.5 Å². The van der Waals surface area contributed by atoms with E-state index in [4.69, 9.17) is 18.0 Å².